The number of carbonyl (C=O) groups excluding carboxylic acids is 1. The molecule has 8 nitrogen and oxygen atoms in total. The van der Waals surface area contributed by atoms with E-state index in [1.165, 1.54) is 283 Å². The van der Waals surface area contributed by atoms with Crippen LogP contribution in [0.5, 0.6) is 0 Å². The number of phosphoric acid groups is 1. The zero-order chi connectivity index (χ0) is 58.4. The Hall–Kier alpha value is -1.54. The molecule has 0 aliphatic heterocycles. The number of aliphatic hydroxyl groups is 1. The molecule has 0 aromatic rings. The van der Waals surface area contributed by atoms with Gasteiger partial charge in [-0.05, 0) is 70.6 Å². The van der Waals surface area contributed by atoms with Crippen LogP contribution in [0.25, 0.3) is 0 Å². The van der Waals surface area contributed by atoms with E-state index in [1.54, 1.807) is 6.08 Å². The summed E-state index contributed by atoms with van der Waals surface area (Å²) in [6.07, 6.45) is 84.2. The molecule has 0 fully saturated rings. The van der Waals surface area contributed by atoms with Crippen molar-refractivity contribution in [1.82, 2.24) is 5.32 Å². The van der Waals surface area contributed by atoms with Gasteiger partial charge in [-0.15, -0.1) is 0 Å². The number of likely N-dealkylation sites (N-methyl/N-ethyl adjacent to an activating group) is 1. The number of nitrogens with one attached hydrogen (secondary N) is 1. The third kappa shape index (κ3) is 64.0. The largest absolute Gasteiger partial charge is 0.472 e. The minimum absolute atomic E-state index is 0.0546. The first kappa shape index (κ1) is 78.5. The van der Waals surface area contributed by atoms with E-state index in [4.69, 9.17) is 9.05 Å². The number of hydrogen-bond donors (Lipinski definition) is 3. The predicted molar refractivity (Wildman–Crippen MR) is 351 cm³/mol. The molecule has 0 spiro atoms. The van der Waals surface area contributed by atoms with E-state index in [0.717, 1.165) is 44.9 Å². The molecule has 0 bridgehead atoms. The van der Waals surface area contributed by atoms with Crippen LogP contribution in [0.4, 0.5) is 0 Å². The molecule has 0 heterocycles. The average molecular weight is 1150 g/mol. The molecular formula is C71H138N2O6P+. The molecule has 0 saturated carbocycles. The number of phosphoric ester groups is 1. The molecule has 0 aromatic carbocycles. The third-order valence-electron chi connectivity index (χ3n) is 16.0. The van der Waals surface area contributed by atoms with Crippen molar-refractivity contribution < 1.29 is 32.9 Å². The Bertz CT molecular complexity index is 1440. The molecule has 0 rings (SSSR count). The van der Waals surface area contributed by atoms with Gasteiger partial charge in [0.1, 0.15) is 13.2 Å². The summed E-state index contributed by atoms with van der Waals surface area (Å²) in [5.41, 5.74) is 0. The Labute approximate surface area is 499 Å². The van der Waals surface area contributed by atoms with Gasteiger partial charge in [0.05, 0.1) is 39.9 Å². The molecule has 0 aromatic heterocycles. The lowest BCUT2D eigenvalue weighted by Crippen LogP contribution is -2.45. The topological polar surface area (TPSA) is 105 Å². The monoisotopic (exact) mass is 1150 g/mol. The number of unbranched alkanes of at least 4 members (excludes halogenated alkanes) is 46. The zero-order valence-corrected chi connectivity index (χ0v) is 55.0. The van der Waals surface area contributed by atoms with Crippen LogP contribution in [0, 0.1) is 0 Å². The van der Waals surface area contributed by atoms with Crippen molar-refractivity contribution in [3.8, 4) is 0 Å². The third-order valence-corrected chi connectivity index (χ3v) is 17.0. The van der Waals surface area contributed by atoms with Gasteiger partial charge in [-0.2, -0.15) is 0 Å². The normalized spacial score (nSPS) is 13.9. The molecule has 3 unspecified atom stereocenters. The first-order valence-electron chi connectivity index (χ1n) is 35.0. The molecule has 9 heteroatoms. The van der Waals surface area contributed by atoms with Crippen LogP contribution < -0.4 is 5.32 Å². The number of nitrogens with zero attached hydrogens (tertiary/aromatic N) is 1. The Balaban J connectivity index is 4.00. The van der Waals surface area contributed by atoms with E-state index in [0.29, 0.717) is 17.4 Å². The van der Waals surface area contributed by atoms with Gasteiger partial charge < -0.3 is 19.8 Å². The van der Waals surface area contributed by atoms with E-state index < -0.39 is 20.0 Å². The zero-order valence-electron chi connectivity index (χ0n) is 54.1. The maximum atomic E-state index is 13.0. The second kappa shape index (κ2) is 62.0. The van der Waals surface area contributed by atoms with Crippen LogP contribution in [-0.4, -0.2) is 73.4 Å². The number of quaternary nitrogens is 1. The second-order valence-corrected chi connectivity index (χ2v) is 26.7. The second-order valence-electron chi connectivity index (χ2n) is 25.2. The minimum Gasteiger partial charge on any atom is -0.387 e. The molecule has 3 N–H and O–H groups in total. The fourth-order valence-electron chi connectivity index (χ4n) is 10.5. The van der Waals surface area contributed by atoms with Gasteiger partial charge in [0.15, 0.2) is 0 Å². The summed E-state index contributed by atoms with van der Waals surface area (Å²) in [6, 6.07) is -0.870. The predicted octanol–water partition coefficient (Wildman–Crippen LogP) is 22.2. The maximum absolute atomic E-state index is 13.0. The van der Waals surface area contributed by atoms with Crippen LogP contribution in [-0.2, 0) is 18.4 Å². The molecule has 0 aliphatic carbocycles. The molecule has 0 saturated heterocycles. The van der Waals surface area contributed by atoms with E-state index >= 15 is 0 Å². The number of rotatable bonds is 65. The van der Waals surface area contributed by atoms with Crippen molar-refractivity contribution in [2.24, 2.45) is 0 Å². The standard InChI is InChI=1S/C71H137N2O6P/c1-6-8-10-12-14-16-18-20-22-24-26-28-29-30-31-32-33-34-35-36-37-38-39-40-41-42-43-45-47-49-51-53-55-57-59-61-63-65-71(75)72-69(68-79-80(76,77)78-67-66-73(3,4)5)70(74)64-62-60-58-56-54-52-50-48-46-44-27-25-23-21-19-17-15-13-11-9-7-2/h24,26,46,48,54,56,62,64,69-70,74H,6-23,25,27-45,47,49-53,55,57-61,63,65-68H2,1-5H3,(H-,72,75,76,77)/p+1/b26-24-,48-46+,56-54+,64-62+. The van der Waals surface area contributed by atoms with Crippen molar-refractivity contribution >= 4 is 13.7 Å². The molecular weight excluding hydrogens is 1010 g/mol. The maximum Gasteiger partial charge on any atom is 0.472 e. The lowest BCUT2D eigenvalue weighted by molar-refractivity contribution is -0.870. The highest BCUT2D eigenvalue weighted by molar-refractivity contribution is 7.47. The fourth-order valence-corrected chi connectivity index (χ4v) is 11.3. The van der Waals surface area contributed by atoms with Crippen LogP contribution in [0.2, 0.25) is 0 Å². The summed E-state index contributed by atoms with van der Waals surface area (Å²) < 4.78 is 23.8. The highest BCUT2D eigenvalue weighted by atomic mass is 31.2. The first-order valence-corrected chi connectivity index (χ1v) is 36.5. The van der Waals surface area contributed by atoms with Crippen LogP contribution in [0.1, 0.15) is 348 Å². The van der Waals surface area contributed by atoms with Crippen LogP contribution in [0.15, 0.2) is 48.6 Å². The smallest absolute Gasteiger partial charge is 0.387 e. The van der Waals surface area contributed by atoms with Crippen molar-refractivity contribution in [2.75, 3.05) is 40.9 Å². The van der Waals surface area contributed by atoms with Gasteiger partial charge >= 0.3 is 7.82 Å². The van der Waals surface area contributed by atoms with E-state index in [-0.39, 0.29) is 19.1 Å². The highest BCUT2D eigenvalue weighted by Crippen LogP contribution is 2.43. The van der Waals surface area contributed by atoms with E-state index in [9.17, 15) is 19.4 Å². The summed E-state index contributed by atoms with van der Waals surface area (Å²) in [5.74, 6) is -0.185. The van der Waals surface area contributed by atoms with Gasteiger partial charge in [0.2, 0.25) is 5.91 Å². The number of hydrogen-bond acceptors (Lipinski definition) is 5. The summed E-state index contributed by atoms with van der Waals surface area (Å²) in [7, 11) is 1.56. The van der Waals surface area contributed by atoms with Crippen molar-refractivity contribution in [3.63, 3.8) is 0 Å². The fraction of sp³-hybridized carbons (Fsp3) is 0.873. The molecule has 0 radical (unpaired) electrons. The van der Waals surface area contributed by atoms with Gasteiger partial charge in [0.25, 0.3) is 0 Å². The number of amides is 1. The minimum atomic E-state index is -4.36. The molecule has 0 aliphatic rings. The van der Waals surface area contributed by atoms with Gasteiger partial charge in [-0.1, -0.05) is 319 Å². The van der Waals surface area contributed by atoms with Crippen molar-refractivity contribution in [3.05, 3.63) is 48.6 Å². The molecule has 1 amide bonds. The lowest BCUT2D eigenvalue weighted by atomic mass is 10.0. The SMILES string of the molecule is CCCCCCCCCC/C=C\CCCCCCCCCCCCCCCCCCCCCCCCCCCC(=O)NC(COP(=O)(O)OCC[N+](C)(C)C)C(O)/C=C/CC/C=C/CC/C=C/CCCCCCCCCCCCC. The molecule has 80 heavy (non-hydrogen) atoms. The van der Waals surface area contributed by atoms with Gasteiger partial charge in [-0.25, -0.2) is 4.57 Å². The van der Waals surface area contributed by atoms with Crippen molar-refractivity contribution in [2.45, 2.75) is 360 Å². The molecule has 3 atom stereocenters. The van der Waals surface area contributed by atoms with Crippen molar-refractivity contribution in [1.29, 1.82) is 0 Å². The highest BCUT2D eigenvalue weighted by Gasteiger charge is 2.28. The van der Waals surface area contributed by atoms with Gasteiger partial charge in [-0.3, -0.25) is 13.8 Å². The lowest BCUT2D eigenvalue weighted by Gasteiger charge is -2.25. The number of allylic oxidation sites excluding steroid dienone is 7. The summed E-state index contributed by atoms with van der Waals surface area (Å²) in [4.78, 5) is 23.4. The van der Waals surface area contributed by atoms with Crippen LogP contribution in [0.3, 0.4) is 0 Å². The van der Waals surface area contributed by atoms with Crippen LogP contribution >= 0.6 is 7.82 Å². The Morgan fingerprint density at radius 3 is 1.00 bits per heavy atom. The first-order chi connectivity index (χ1) is 39.0. The summed E-state index contributed by atoms with van der Waals surface area (Å²) in [6.45, 7) is 4.83. The summed E-state index contributed by atoms with van der Waals surface area (Å²) in [5, 5.41) is 14.0. The number of carbonyl (C=O) groups is 1. The number of aliphatic hydroxyl groups excluding tert-OH is 1. The van der Waals surface area contributed by atoms with Gasteiger partial charge in [0, 0.05) is 6.42 Å². The molecule has 472 valence electrons. The quantitative estimate of drug-likeness (QED) is 0.0243. The average Bonchev–Trinajstić information content (AvgIpc) is 3.42. The Morgan fingerprint density at radius 1 is 0.412 bits per heavy atom. The van der Waals surface area contributed by atoms with E-state index in [2.05, 4.69) is 55.6 Å². The summed E-state index contributed by atoms with van der Waals surface area (Å²) >= 11 is 0. The Kier molecular flexibility index (Phi) is 60.8. The van der Waals surface area contributed by atoms with E-state index in [1.807, 2.05) is 27.2 Å². The Morgan fingerprint density at radius 2 is 0.688 bits per heavy atom.